The summed E-state index contributed by atoms with van der Waals surface area (Å²) in [5.41, 5.74) is 5.14. The highest BCUT2D eigenvalue weighted by molar-refractivity contribution is 5.71. The van der Waals surface area contributed by atoms with Gasteiger partial charge in [-0.3, -0.25) is 0 Å². The van der Waals surface area contributed by atoms with Crippen LogP contribution in [0.1, 0.15) is 28.6 Å². The van der Waals surface area contributed by atoms with Crippen LogP contribution >= 0.6 is 0 Å². The summed E-state index contributed by atoms with van der Waals surface area (Å²) in [6.45, 7) is 0. The molecule has 3 heterocycles. The summed E-state index contributed by atoms with van der Waals surface area (Å²) in [6, 6.07) is 16.3. The lowest BCUT2D eigenvalue weighted by atomic mass is 10.1. The third-order valence-electron chi connectivity index (χ3n) is 5.52. The minimum atomic E-state index is -0.00202. The number of fused-ring (bicyclic) bond motifs is 2. The van der Waals surface area contributed by atoms with Crippen molar-refractivity contribution in [2.24, 2.45) is 0 Å². The van der Waals surface area contributed by atoms with E-state index in [0.717, 1.165) is 59.1 Å². The zero-order chi connectivity index (χ0) is 20.5. The van der Waals surface area contributed by atoms with Crippen molar-refractivity contribution < 1.29 is 14.2 Å². The summed E-state index contributed by atoms with van der Waals surface area (Å²) < 4.78 is 16.8. The van der Waals surface area contributed by atoms with E-state index in [9.17, 15) is 0 Å². The first-order chi connectivity index (χ1) is 14.7. The van der Waals surface area contributed by atoms with E-state index < -0.39 is 0 Å². The van der Waals surface area contributed by atoms with E-state index >= 15 is 0 Å². The molecule has 1 atom stereocenters. The molecule has 1 aliphatic heterocycles. The van der Waals surface area contributed by atoms with E-state index in [1.807, 2.05) is 36.5 Å². The molecule has 0 saturated carbocycles. The molecule has 5 rings (SSSR count). The van der Waals surface area contributed by atoms with Crippen LogP contribution in [-0.4, -0.2) is 29.2 Å². The van der Waals surface area contributed by atoms with Crippen LogP contribution in [0, 0.1) is 0 Å². The number of para-hydroxylation sites is 1. The molecule has 6 heteroatoms. The number of hydrogen-bond acceptors (Lipinski definition) is 5. The Bertz CT molecular complexity index is 1180. The topological polar surface area (TPSA) is 69.3 Å². The minimum Gasteiger partial charge on any atom is -0.493 e. The van der Waals surface area contributed by atoms with Gasteiger partial charge in [0.15, 0.2) is 17.1 Å². The van der Waals surface area contributed by atoms with Crippen molar-refractivity contribution in [2.75, 3.05) is 14.2 Å². The molecule has 30 heavy (non-hydrogen) atoms. The molecule has 0 amide bonds. The molecule has 0 aliphatic carbocycles. The Balaban J connectivity index is 1.31. The molecule has 6 nitrogen and oxygen atoms in total. The van der Waals surface area contributed by atoms with Gasteiger partial charge in [-0.25, -0.2) is 9.97 Å². The molecule has 2 aromatic heterocycles. The van der Waals surface area contributed by atoms with Crippen molar-refractivity contribution in [3.63, 3.8) is 0 Å². The third kappa shape index (κ3) is 3.45. The SMILES string of the molecule is COc1ccc(CCc2nc3ncc(C4Cc5ccccc5O4)cc3[nH]2)cc1OC. The number of nitrogens with one attached hydrogen (secondary N) is 1. The summed E-state index contributed by atoms with van der Waals surface area (Å²) in [4.78, 5) is 12.6. The highest BCUT2D eigenvalue weighted by Gasteiger charge is 2.24. The monoisotopic (exact) mass is 401 g/mol. The Kier molecular flexibility index (Phi) is 4.75. The van der Waals surface area contributed by atoms with Gasteiger partial charge in [-0.1, -0.05) is 24.3 Å². The molecular weight excluding hydrogens is 378 g/mol. The smallest absolute Gasteiger partial charge is 0.177 e. The highest BCUT2D eigenvalue weighted by atomic mass is 16.5. The standard InChI is InChI=1S/C24H23N3O3/c1-28-20-9-7-15(11-22(20)29-2)8-10-23-26-18-12-17(14-25-24(18)27-23)21-13-16-5-3-4-6-19(16)30-21/h3-7,9,11-12,14,21H,8,10,13H2,1-2H3,(H,25,26,27). The predicted octanol–water partition coefficient (Wildman–Crippen LogP) is 4.44. The quantitative estimate of drug-likeness (QED) is 0.517. The van der Waals surface area contributed by atoms with E-state index in [1.54, 1.807) is 14.2 Å². The maximum absolute atomic E-state index is 6.10. The van der Waals surface area contributed by atoms with Gasteiger partial charge in [0.1, 0.15) is 17.7 Å². The third-order valence-corrected chi connectivity index (χ3v) is 5.52. The second kappa shape index (κ2) is 7.71. The van der Waals surface area contributed by atoms with E-state index in [1.165, 1.54) is 11.1 Å². The Hall–Kier alpha value is -3.54. The number of pyridine rings is 1. The van der Waals surface area contributed by atoms with Crippen molar-refractivity contribution in [3.05, 3.63) is 77.2 Å². The lowest BCUT2D eigenvalue weighted by molar-refractivity contribution is 0.238. The van der Waals surface area contributed by atoms with Crippen LogP contribution in [-0.2, 0) is 19.3 Å². The molecule has 1 aliphatic rings. The molecule has 2 aromatic carbocycles. The molecule has 4 aromatic rings. The first-order valence-corrected chi connectivity index (χ1v) is 10.0. The van der Waals surface area contributed by atoms with Gasteiger partial charge in [0.2, 0.25) is 0 Å². The first kappa shape index (κ1) is 18.5. The Morgan fingerprint density at radius 3 is 2.73 bits per heavy atom. The summed E-state index contributed by atoms with van der Waals surface area (Å²) in [5.74, 6) is 3.35. The lowest BCUT2D eigenvalue weighted by Gasteiger charge is -2.10. The fourth-order valence-electron chi connectivity index (χ4n) is 3.93. The van der Waals surface area contributed by atoms with Gasteiger partial charge < -0.3 is 19.2 Å². The molecule has 152 valence electrons. The van der Waals surface area contributed by atoms with Crippen molar-refractivity contribution in [1.82, 2.24) is 15.0 Å². The second-order valence-corrected chi connectivity index (χ2v) is 7.43. The van der Waals surface area contributed by atoms with Crippen LogP contribution in [0.3, 0.4) is 0 Å². The number of nitrogens with zero attached hydrogens (tertiary/aromatic N) is 2. The van der Waals surface area contributed by atoms with Crippen molar-refractivity contribution in [1.29, 1.82) is 0 Å². The van der Waals surface area contributed by atoms with Crippen molar-refractivity contribution in [2.45, 2.75) is 25.4 Å². The molecule has 0 bridgehead atoms. The Labute approximate surface area is 174 Å². The number of aromatic nitrogens is 3. The van der Waals surface area contributed by atoms with Crippen molar-refractivity contribution >= 4 is 11.2 Å². The van der Waals surface area contributed by atoms with Gasteiger partial charge in [-0.15, -0.1) is 0 Å². The number of hydrogen-bond donors (Lipinski definition) is 1. The molecule has 1 N–H and O–H groups in total. The summed E-state index contributed by atoms with van der Waals surface area (Å²) in [5, 5.41) is 0. The zero-order valence-electron chi connectivity index (χ0n) is 17.0. The molecule has 0 fully saturated rings. The van der Waals surface area contributed by atoms with E-state index in [0.29, 0.717) is 0 Å². The fourth-order valence-corrected chi connectivity index (χ4v) is 3.93. The molecule has 0 spiro atoms. The fraction of sp³-hybridized carbons (Fsp3) is 0.250. The summed E-state index contributed by atoms with van der Waals surface area (Å²) in [7, 11) is 3.29. The van der Waals surface area contributed by atoms with Crippen LogP contribution in [0.5, 0.6) is 17.2 Å². The normalized spacial score (nSPS) is 15.1. The molecular formula is C24H23N3O3. The number of benzene rings is 2. The van der Waals surface area contributed by atoms with Gasteiger partial charge in [0.05, 0.1) is 19.7 Å². The Morgan fingerprint density at radius 1 is 1.03 bits per heavy atom. The summed E-state index contributed by atoms with van der Waals surface area (Å²) >= 11 is 0. The largest absolute Gasteiger partial charge is 0.493 e. The number of rotatable bonds is 6. The first-order valence-electron chi connectivity index (χ1n) is 10.0. The van der Waals surface area contributed by atoms with Gasteiger partial charge in [0.25, 0.3) is 0 Å². The second-order valence-electron chi connectivity index (χ2n) is 7.43. The molecule has 0 saturated heterocycles. The Morgan fingerprint density at radius 2 is 1.90 bits per heavy atom. The van der Waals surface area contributed by atoms with Gasteiger partial charge in [0, 0.05) is 24.6 Å². The maximum Gasteiger partial charge on any atom is 0.177 e. The number of aromatic amines is 1. The average Bonchev–Trinajstić information content (AvgIpc) is 3.40. The van der Waals surface area contributed by atoms with Crippen LogP contribution in [0.25, 0.3) is 11.2 Å². The van der Waals surface area contributed by atoms with Crippen LogP contribution in [0.2, 0.25) is 0 Å². The number of H-pyrrole nitrogens is 1. The highest BCUT2D eigenvalue weighted by Crippen LogP contribution is 2.36. The maximum atomic E-state index is 6.10. The van der Waals surface area contributed by atoms with Crippen LogP contribution in [0.4, 0.5) is 0 Å². The van der Waals surface area contributed by atoms with E-state index in [-0.39, 0.29) is 6.10 Å². The predicted molar refractivity (Wildman–Crippen MR) is 114 cm³/mol. The number of imidazole rings is 1. The molecule has 0 radical (unpaired) electrons. The van der Waals surface area contributed by atoms with Gasteiger partial charge in [-0.05, 0) is 41.8 Å². The number of aryl methyl sites for hydroxylation is 2. The minimum absolute atomic E-state index is 0.00202. The van der Waals surface area contributed by atoms with Gasteiger partial charge >= 0.3 is 0 Å². The lowest BCUT2D eigenvalue weighted by Crippen LogP contribution is -2.03. The number of methoxy groups -OCH3 is 2. The van der Waals surface area contributed by atoms with E-state index in [4.69, 9.17) is 14.2 Å². The van der Waals surface area contributed by atoms with E-state index in [2.05, 4.69) is 33.2 Å². The van der Waals surface area contributed by atoms with Crippen LogP contribution in [0.15, 0.2) is 54.7 Å². The average molecular weight is 401 g/mol. The van der Waals surface area contributed by atoms with Gasteiger partial charge in [-0.2, -0.15) is 0 Å². The number of ether oxygens (including phenoxy) is 3. The van der Waals surface area contributed by atoms with Crippen LogP contribution < -0.4 is 14.2 Å². The van der Waals surface area contributed by atoms with Crippen molar-refractivity contribution in [3.8, 4) is 17.2 Å². The summed E-state index contributed by atoms with van der Waals surface area (Å²) in [6.07, 6.45) is 4.36. The zero-order valence-corrected chi connectivity index (χ0v) is 17.0. The molecule has 1 unspecified atom stereocenters.